The number of anilines is 1. The van der Waals surface area contributed by atoms with Crippen molar-refractivity contribution in [2.75, 3.05) is 5.32 Å². The molecule has 5 heteroatoms. The maximum absolute atomic E-state index is 11.6. The highest BCUT2D eigenvalue weighted by Gasteiger charge is 2.36. The number of rotatable bonds is 1. The van der Waals surface area contributed by atoms with Crippen molar-refractivity contribution >= 4 is 34.4 Å². The molecule has 0 spiro atoms. The summed E-state index contributed by atoms with van der Waals surface area (Å²) in [5, 5.41) is 3.45. The van der Waals surface area contributed by atoms with Crippen LogP contribution in [-0.2, 0) is 11.1 Å². The van der Waals surface area contributed by atoms with Crippen molar-refractivity contribution in [1.82, 2.24) is 4.72 Å². The van der Waals surface area contributed by atoms with Crippen molar-refractivity contribution in [2.45, 2.75) is 9.79 Å². The van der Waals surface area contributed by atoms with Gasteiger partial charge in [-0.15, -0.1) is 4.72 Å². The van der Waals surface area contributed by atoms with Crippen LogP contribution in [0.5, 0.6) is 0 Å². The lowest BCUT2D eigenvalue weighted by Gasteiger charge is -2.17. The lowest BCUT2D eigenvalue weighted by Crippen LogP contribution is -2.39. The van der Waals surface area contributed by atoms with Gasteiger partial charge in [0.15, 0.2) is 16.0 Å². The van der Waals surface area contributed by atoms with Gasteiger partial charge in [-0.3, -0.25) is 0 Å². The molecule has 18 heavy (non-hydrogen) atoms. The number of urea groups is 1. The fraction of sp³-hybridized carbons (Fsp3) is 0. The van der Waals surface area contributed by atoms with Crippen LogP contribution in [0.3, 0.4) is 0 Å². The van der Waals surface area contributed by atoms with Crippen LogP contribution in [0.2, 0.25) is 5.02 Å². The second-order valence-electron chi connectivity index (χ2n) is 3.82. The zero-order valence-corrected chi connectivity index (χ0v) is 10.9. The van der Waals surface area contributed by atoms with Gasteiger partial charge >= 0.3 is 6.03 Å². The molecule has 2 amide bonds. The summed E-state index contributed by atoms with van der Waals surface area (Å²) in [6.45, 7) is 0. The van der Waals surface area contributed by atoms with Crippen molar-refractivity contribution in [3.8, 4) is 0 Å². The molecule has 3 rings (SSSR count). The van der Waals surface area contributed by atoms with Crippen LogP contribution in [0.4, 0.5) is 10.5 Å². The summed E-state index contributed by atoms with van der Waals surface area (Å²) in [4.78, 5) is 13.7. The highest BCUT2D eigenvalue weighted by Crippen LogP contribution is 2.32. The molecule has 0 fully saturated rings. The number of amides is 2. The fourth-order valence-electron chi connectivity index (χ4n) is 1.81. The van der Waals surface area contributed by atoms with Gasteiger partial charge in [-0.2, -0.15) is 0 Å². The van der Waals surface area contributed by atoms with E-state index in [1.807, 2.05) is 42.5 Å². The molecular formula is C13H10ClN2OS+. The van der Waals surface area contributed by atoms with E-state index < -0.39 is 11.1 Å². The summed E-state index contributed by atoms with van der Waals surface area (Å²) in [7, 11) is 0. The normalized spacial score (nSPS) is 17.6. The molecule has 1 aliphatic rings. The monoisotopic (exact) mass is 277 g/mol. The summed E-state index contributed by atoms with van der Waals surface area (Å²) in [6, 6.07) is 15.2. The number of fused-ring (bicyclic) bond motifs is 1. The Bertz CT molecular complexity index is 603. The van der Waals surface area contributed by atoms with Gasteiger partial charge in [0, 0.05) is 11.1 Å². The average molecular weight is 278 g/mol. The van der Waals surface area contributed by atoms with Gasteiger partial charge < -0.3 is 5.32 Å². The van der Waals surface area contributed by atoms with Gasteiger partial charge in [0.2, 0.25) is 4.90 Å². The third-order valence-electron chi connectivity index (χ3n) is 2.59. The minimum Gasteiger partial charge on any atom is -0.300 e. The number of nitrogens with one attached hydrogen (secondary N) is 2. The first-order valence-corrected chi connectivity index (χ1v) is 7.01. The van der Waals surface area contributed by atoms with Gasteiger partial charge in [-0.05, 0) is 24.3 Å². The Morgan fingerprint density at radius 1 is 1.06 bits per heavy atom. The van der Waals surface area contributed by atoms with Crippen LogP contribution in [0.1, 0.15) is 0 Å². The first kappa shape index (κ1) is 11.4. The molecule has 0 aromatic heterocycles. The van der Waals surface area contributed by atoms with Crippen LogP contribution in [-0.4, -0.2) is 6.03 Å². The van der Waals surface area contributed by atoms with Crippen LogP contribution in [0.25, 0.3) is 0 Å². The van der Waals surface area contributed by atoms with Crippen molar-refractivity contribution in [1.29, 1.82) is 0 Å². The van der Waals surface area contributed by atoms with Crippen LogP contribution in [0.15, 0.2) is 58.3 Å². The van der Waals surface area contributed by atoms with Gasteiger partial charge in [-0.1, -0.05) is 29.8 Å². The number of hydrogen-bond donors (Lipinski definition) is 2. The molecule has 0 bridgehead atoms. The molecule has 3 nitrogen and oxygen atoms in total. The van der Waals surface area contributed by atoms with Gasteiger partial charge in [0.05, 0.1) is 0 Å². The molecular weight excluding hydrogens is 268 g/mol. The number of benzene rings is 2. The van der Waals surface area contributed by atoms with Crippen molar-refractivity contribution < 1.29 is 4.79 Å². The van der Waals surface area contributed by atoms with E-state index in [-0.39, 0.29) is 6.03 Å². The molecule has 1 unspecified atom stereocenters. The molecule has 0 saturated carbocycles. The fourth-order valence-corrected chi connectivity index (χ4v) is 3.77. The summed E-state index contributed by atoms with van der Waals surface area (Å²) in [6.07, 6.45) is 0. The standard InChI is InChI=1S/C13H9ClN2OS/c14-9-6-7-11-12(8-9)18(16-13(17)15-11)10-4-2-1-3-5-10/h1-8H,(H-,15,16,17)/p+1. The maximum atomic E-state index is 11.6. The zero-order valence-electron chi connectivity index (χ0n) is 9.31. The van der Waals surface area contributed by atoms with E-state index in [0.29, 0.717) is 5.02 Å². The van der Waals surface area contributed by atoms with Crippen LogP contribution in [0, 0.1) is 0 Å². The number of hydrogen-bond acceptors (Lipinski definition) is 1. The van der Waals surface area contributed by atoms with Gasteiger partial charge in [-0.25, -0.2) is 4.79 Å². The largest absolute Gasteiger partial charge is 0.361 e. The Kier molecular flexibility index (Phi) is 2.89. The second-order valence-corrected chi connectivity index (χ2v) is 5.98. The maximum Gasteiger partial charge on any atom is 0.361 e. The molecule has 0 saturated heterocycles. The first-order chi connectivity index (χ1) is 8.74. The zero-order chi connectivity index (χ0) is 12.5. The number of carbonyl (C=O) groups is 1. The summed E-state index contributed by atoms with van der Waals surface area (Å²) in [5.41, 5.74) is 0.815. The smallest absolute Gasteiger partial charge is 0.300 e. The highest BCUT2D eigenvalue weighted by atomic mass is 35.5. The second kappa shape index (κ2) is 4.55. The predicted molar refractivity (Wildman–Crippen MR) is 73.9 cm³/mol. The summed E-state index contributed by atoms with van der Waals surface area (Å²) >= 11 is 5.56. The highest BCUT2D eigenvalue weighted by molar-refractivity contribution is 7.96. The van der Waals surface area contributed by atoms with Crippen molar-refractivity contribution in [3.05, 3.63) is 53.6 Å². The molecule has 2 aromatic rings. The summed E-state index contributed by atoms with van der Waals surface area (Å²) in [5.74, 6) is 0. The van der Waals surface area contributed by atoms with E-state index in [9.17, 15) is 4.79 Å². The Morgan fingerprint density at radius 2 is 1.83 bits per heavy atom. The quantitative estimate of drug-likeness (QED) is 0.771. The minimum absolute atomic E-state index is 0.183. The summed E-state index contributed by atoms with van der Waals surface area (Å²) < 4.78 is 2.94. The Balaban J connectivity index is 2.12. The third-order valence-corrected chi connectivity index (χ3v) is 4.73. The Morgan fingerprint density at radius 3 is 2.61 bits per heavy atom. The molecule has 1 atom stereocenters. The molecule has 2 aromatic carbocycles. The van der Waals surface area contributed by atoms with E-state index in [0.717, 1.165) is 15.5 Å². The van der Waals surface area contributed by atoms with Crippen molar-refractivity contribution in [3.63, 3.8) is 0 Å². The number of halogens is 1. The first-order valence-electron chi connectivity index (χ1n) is 5.40. The molecule has 2 N–H and O–H groups in total. The van der Waals surface area contributed by atoms with E-state index in [1.54, 1.807) is 6.07 Å². The molecule has 90 valence electrons. The van der Waals surface area contributed by atoms with E-state index >= 15 is 0 Å². The Hall–Kier alpha value is -1.65. The molecule has 1 aliphatic heterocycles. The Labute approximate surface area is 113 Å². The minimum atomic E-state index is -0.470. The molecule has 1 heterocycles. The van der Waals surface area contributed by atoms with Gasteiger partial charge in [0.1, 0.15) is 5.69 Å². The third kappa shape index (κ3) is 2.05. The van der Waals surface area contributed by atoms with E-state index in [1.165, 1.54) is 0 Å². The molecule has 0 radical (unpaired) electrons. The van der Waals surface area contributed by atoms with Crippen molar-refractivity contribution in [2.24, 2.45) is 0 Å². The SMILES string of the molecule is O=C1Nc2ccc(Cl)cc2[S+](c2ccccc2)N1. The van der Waals surface area contributed by atoms with Crippen LogP contribution >= 0.6 is 11.6 Å². The topological polar surface area (TPSA) is 41.1 Å². The lowest BCUT2D eigenvalue weighted by molar-refractivity contribution is 0.256. The van der Waals surface area contributed by atoms with E-state index in [2.05, 4.69) is 10.0 Å². The predicted octanol–water partition coefficient (Wildman–Crippen LogP) is 3.43. The van der Waals surface area contributed by atoms with E-state index in [4.69, 9.17) is 11.6 Å². The average Bonchev–Trinajstić information content (AvgIpc) is 2.39. The van der Waals surface area contributed by atoms with Gasteiger partial charge in [0.25, 0.3) is 0 Å². The lowest BCUT2D eigenvalue weighted by atomic mass is 10.3. The number of carbonyl (C=O) groups excluding carboxylic acids is 1. The van der Waals surface area contributed by atoms with Crippen LogP contribution < -0.4 is 10.0 Å². The molecule has 0 aliphatic carbocycles.